The summed E-state index contributed by atoms with van der Waals surface area (Å²) in [5.41, 5.74) is 3.42. The van der Waals surface area contributed by atoms with E-state index in [1.54, 1.807) is 0 Å². The number of benzene rings is 2. The van der Waals surface area contributed by atoms with Gasteiger partial charge in [0.05, 0.1) is 11.3 Å². The molecule has 0 aliphatic carbocycles. The molecule has 5 nitrogen and oxygen atoms in total. The number of aryl methyl sites for hydroxylation is 2. The Kier molecular flexibility index (Phi) is 6.92. The largest absolute Gasteiger partial charge is 0.478 e. The Balaban J connectivity index is 1.52. The van der Waals surface area contributed by atoms with Crippen molar-refractivity contribution in [1.82, 2.24) is 9.97 Å². The van der Waals surface area contributed by atoms with Gasteiger partial charge in [-0.05, 0) is 56.1 Å². The number of carboxylic acid groups (broad SMARTS) is 1. The number of piperidine rings is 1. The first kappa shape index (κ1) is 21.0. The van der Waals surface area contributed by atoms with Gasteiger partial charge in [-0.3, -0.25) is 0 Å². The number of nitrogens with zero attached hydrogens (tertiary/aromatic N) is 3. The Morgan fingerprint density at radius 3 is 2.39 bits per heavy atom. The third kappa shape index (κ3) is 5.48. The van der Waals surface area contributed by atoms with E-state index in [-0.39, 0.29) is 5.56 Å². The zero-order valence-electron chi connectivity index (χ0n) is 17.8. The number of rotatable bonds is 8. The standard InChI is InChI=1S/C26H29N3O2/c30-25(31)23-19-27-26(28-24(23)16-9-14-20-10-3-1-4-11-20)29-17-8-7-15-22(29)18-21-12-5-2-6-13-21/h1-6,10-13,19,22H,7-9,14-18H2,(H,30,31). The molecule has 160 valence electrons. The van der Waals surface area contributed by atoms with Gasteiger partial charge in [-0.1, -0.05) is 60.7 Å². The van der Waals surface area contributed by atoms with Gasteiger partial charge >= 0.3 is 5.97 Å². The van der Waals surface area contributed by atoms with Crippen LogP contribution in [0.15, 0.2) is 66.9 Å². The van der Waals surface area contributed by atoms with Gasteiger partial charge in [0, 0.05) is 18.8 Å². The first-order valence-electron chi connectivity index (χ1n) is 11.1. The first-order chi connectivity index (χ1) is 15.2. The quantitative estimate of drug-likeness (QED) is 0.564. The van der Waals surface area contributed by atoms with Crippen molar-refractivity contribution in [3.63, 3.8) is 0 Å². The van der Waals surface area contributed by atoms with Crippen molar-refractivity contribution in [2.45, 2.75) is 51.0 Å². The van der Waals surface area contributed by atoms with Crippen LogP contribution in [0.3, 0.4) is 0 Å². The second-order valence-corrected chi connectivity index (χ2v) is 8.21. The van der Waals surface area contributed by atoms with Gasteiger partial charge < -0.3 is 10.0 Å². The maximum absolute atomic E-state index is 11.8. The average molecular weight is 416 g/mol. The van der Waals surface area contributed by atoms with Crippen LogP contribution in [0.5, 0.6) is 0 Å². The number of carboxylic acids is 1. The second kappa shape index (κ2) is 10.2. The van der Waals surface area contributed by atoms with Crippen molar-refractivity contribution in [3.8, 4) is 0 Å². The number of carbonyl (C=O) groups is 1. The molecule has 1 N–H and O–H groups in total. The summed E-state index contributed by atoms with van der Waals surface area (Å²) in [6, 6.07) is 21.1. The maximum Gasteiger partial charge on any atom is 0.339 e. The predicted molar refractivity (Wildman–Crippen MR) is 123 cm³/mol. The summed E-state index contributed by atoms with van der Waals surface area (Å²) < 4.78 is 0. The molecule has 1 aliphatic rings. The lowest BCUT2D eigenvalue weighted by molar-refractivity contribution is 0.0694. The molecule has 0 amide bonds. The summed E-state index contributed by atoms with van der Waals surface area (Å²) in [7, 11) is 0. The molecule has 5 heteroatoms. The summed E-state index contributed by atoms with van der Waals surface area (Å²) in [5, 5.41) is 9.64. The van der Waals surface area contributed by atoms with E-state index in [4.69, 9.17) is 4.98 Å². The van der Waals surface area contributed by atoms with Crippen molar-refractivity contribution < 1.29 is 9.90 Å². The third-order valence-corrected chi connectivity index (χ3v) is 6.01. The zero-order chi connectivity index (χ0) is 21.5. The summed E-state index contributed by atoms with van der Waals surface area (Å²) in [6.45, 7) is 0.910. The molecular weight excluding hydrogens is 386 g/mol. The highest BCUT2D eigenvalue weighted by atomic mass is 16.4. The molecule has 4 rings (SSSR count). The summed E-state index contributed by atoms with van der Waals surface area (Å²) in [4.78, 5) is 23.3. The van der Waals surface area contributed by atoms with Crippen molar-refractivity contribution in [2.75, 3.05) is 11.4 Å². The van der Waals surface area contributed by atoms with E-state index in [1.807, 2.05) is 24.3 Å². The summed E-state index contributed by atoms with van der Waals surface area (Å²) in [6.07, 6.45) is 8.24. The monoisotopic (exact) mass is 415 g/mol. The van der Waals surface area contributed by atoms with Crippen LogP contribution >= 0.6 is 0 Å². The Bertz CT molecular complexity index is 992. The Labute approximate surface area is 183 Å². The molecule has 1 atom stereocenters. The van der Waals surface area contributed by atoms with Crippen LogP contribution in [0.25, 0.3) is 0 Å². The van der Waals surface area contributed by atoms with Crippen molar-refractivity contribution >= 4 is 11.9 Å². The van der Waals surface area contributed by atoms with Gasteiger partial charge in [0.2, 0.25) is 5.95 Å². The highest BCUT2D eigenvalue weighted by Crippen LogP contribution is 2.25. The third-order valence-electron chi connectivity index (χ3n) is 6.01. The molecule has 31 heavy (non-hydrogen) atoms. The van der Waals surface area contributed by atoms with Gasteiger partial charge in [-0.15, -0.1) is 0 Å². The fraction of sp³-hybridized carbons (Fsp3) is 0.346. The van der Waals surface area contributed by atoms with Crippen LogP contribution in [-0.2, 0) is 19.3 Å². The van der Waals surface area contributed by atoms with Gasteiger partial charge in [0.25, 0.3) is 0 Å². The number of anilines is 1. The number of aromatic nitrogens is 2. The molecule has 0 radical (unpaired) electrons. The maximum atomic E-state index is 11.8. The number of hydrogen-bond donors (Lipinski definition) is 1. The molecule has 1 saturated heterocycles. The van der Waals surface area contributed by atoms with Crippen LogP contribution < -0.4 is 4.90 Å². The lowest BCUT2D eigenvalue weighted by atomic mass is 9.96. The average Bonchev–Trinajstić information content (AvgIpc) is 2.81. The van der Waals surface area contributed by atoms with E-state index < -0.39 is 5.97 Å². The van der Waals surface area contributed by atoms with E-state index in [0.717, 1.165) is 38.6 Å². The Hall–Kier alpha value is -3.21. The molecule has 2 heterocycles. The van der Waals surface area contributed by atoms with E-state index in [0.29, 0.717) is 24.1 Å². The van der Waals surface area contributed by atoms with E-state index >= 15 is 0 Å². The van der Waals surface area contributed by atoms with Crippen molar-refractivity contribution in [1.29, 1.82) is 0 Å². The highest BCUT2D eigenvalue weighted by Gasteiger charge is 2.26. The van der Waals surface area contributed by atoms with E-state index in [1.165, 1.54) is 23.7 Å². The number of hydrogen-bond acceptors (Lipinski definition) is 4. The van der Waals surface area contributed by atoms with Crippen LogP contribution in [0, 0.1) is 0 Å². The minimum absolute atomic E-state index is 0.216. The lowest BCUT2D eigenvalue weighted by Gasteiger charge is -2.36. The minimum Gasteiger partial charge on any atom is -0.478 e. The van der Waals surface area contributed by atoms with Crippen LogP contribution in [0.1, 0.15) is 52.9 Å². The van der Waals surface area contributed by atoms with Gasteiger partial charge in [0.15, 0.2) is 0 Å². The Morgan fingerprint density at radius 2 is 1.68 bits per heavy atom. The molecule has 0 bridgehead atoms. The molecule has 0 saturated carbocycles. The summed E-state index contributed by atoms with van der Waals surface area (Å²) in [5.74, 6) is -0.291. The van der Waals surface area contributed by atoms with E-state index in [2.05, 4.69) is 46.3 Å². The summed E-state index contributed by atoms with van der Waals surface area (Å²) >= 11 is 0. The SMILES string of the molecule is O=C(O)c1cnc(N2CCCCC2Cc2ccccc2)nc1CCCc1ccccc1. The van der Waals surface area contributed by atoms with Crippen LogP contribution in [0.2, 0.25) is 0 Å². The molecule has 1 aromatic heterocycles. The molecule has 3 aromatic rings. The fourth-order valence-electron chi connectivity index (χ4n) is 4.38. The van der Waals surface area contributed by atoms with Crippen molar-refractivity contribution in [2.24, 2.45) is 0 Å². The molecule has 1 aliphatic heterocycles. The highest BCUT2D eigenvalue weighted by molar-refractivity contribution is 5.88. The van der Waals surface area contributed by atoms with Gasteiger partial charge in [0.1, 0.15) is 0 Å². The topological polar surface area (TPSA) is 66.3 Å². The lowest BCUT2D eigenvalue weighted by Crippen LogP contribution is -2.42. The first-order valence-corrected chi connectivity index (χ1v) is 11.1. The van der Waals surface area contributed by atoms with Crippen molar-refractivity contribution in [3.05, 3.63) is 89.2 Å². The predicted octanol–water partition coefficient (Wildman–Crippen LogP) is 4.95. The minimum atomic E-state index is -0.958. The molecule has 1 fully saturated rings. The Morgan fingerprint density at radius 1 is 0.968 bits per heavy atom. The zero-order valence-corrected chi connectivity index (χ0v) is 17.8. The van der Waals surface area contributed by atoms with Crippen LogP contribution in [-0.4, -0.2) is 33.6 Å². The van der Waals surface area contributed by atoms with E-state index in [9.17, 15) is 9.90 Å². The normalized spacial score (nSPS) is 16.3. The fourth-order valence-corrected chi connectivity index (χ4v) is 4.38. The smallest absolute Gasteiger partial charge is 0.339 e. The van der Waals surface area contributed by atoms with Crippen LogP contribution in [0.4, 0.5) is 5.95 Å². The molecule has 2 aromatic carbocycles. The molecular formula is C26H29N3O2. The molecule has 0 spiro atoms. The van der Waals surface area contributed by atoms with Gasteiger partial charge in [-0.25, -0.2) is 14.8 Å². The number of aromatic carboxylic acids is 1. The van der Waals surface area contributed by atoms with Gasteiger partial charge in [-0.2, -0.15) is 0 Å². The molecule has 1 unspecified atom stereocenters. The second-order valence-electron chi connectivity index (χ2n) is 8.21.